The lowest BCUT2D eigenvalue weighted by atomic mass is 9.92. The third-order valence-electron chi connectivity index (χ3n) is 3.80. The van der Waals surface area contributed by atoms with Gasteiger partial charge in [-0.3, -0.25) is 4.99 Å². The van der Waals surface area contributed by atoms with Gasteiger partial charge < -0.3 is 5.32 Å². The lowest BCUT2D eigenvalue weighted by Crippen LogP contribution is -2.26. The molecule has 3 rings (SSSR count). The topological polar surface area (TPSA) is 24.4 Å². The van der Waals surface area contributed by atoms with E-state index in [9.17, 15) is 0 Å². The van der Waals surface area contributed by atoms with E-state index in [4.69, 9.17) is 0 Å². The number of rotatable bonds is 4. The highest BCUT2D eigenvalue weighted by Crippen LogP contribution is 2.25. The molecule has 0 saturated carbocycles. The van der Waals surface area contributed by atoms with Crippen LogP contribution in [-0.4, -0.2) is 18.9 Å². The highest BCUT2D eigenvalue weighted by atomic mass is 15.1. The third kappa shape index (κ3) is 2.74. The van der Waals surface area contributed by atoms with Crippen molar-refractivity contribution in [3.05, 3.63) is 60.2 Å². The van der Waals surface area contributed by atoms with Crippen LogP contribution in [0, 0.1) is 5.92 Å². The lowest BCUT2D eigenvalue weighted by Gasteiger charge is -2.15. The molecule has 1 atom stereocenters. The van der Waals surface area contributed by atoms with E-state index in [2.05, 4.69) is 71.8 Å². The monoisotopic (exact) mass is 264 g/mol. The van der Waals surface area contributed by atoms with E-state index in [-0.39, 0.29) is 0 Å². The van der Waals surface area contributed by atoms with Crippen molar-refractivity contribution in [3.8, 4) is 11.1 Å². The Morgan fingerprint density at radius 2 is 1.80 bits per heavy atom. The van der Waals surface area contributed by atoms with Crippen LogP contribution in [0.25, 0.3) is 11.1 Å². The third-order valence-corrected chi connectivity index (χ3v) is 3.80. The number of benzene rings is 2. The molecule has 0 spiro atoms. The highest BCUT2D eigenvalue weighted by molar-refractivity contribution is 5.86. The molecule has 0 aromatic heterocycles. The Kier molecular flexibility index (Phi) is 3.82. The standard InChI is InChI=1S/C18H20N2/c1-14(18-19-11-12-20-18)13-16-9-5-6-10-17(16)15-7-3-2-4-8-15/h2-10,14H,11-13H2,1H3,(H,19,20)/t14-/m1/s1. The van der Waals surface area contributed by atoms with Gasteiger partial charge in [-0.05, 0) is 23.1 Å². The maximum atomic E-state index is 4.54. The number of aliphatic imine (C=N–C) groups is 1. The molecule has 2 nitrogen and oxygen atoms in total. The van der Waals surface area contributed by atoms with Gasteiger partial charge in [-0.25, -0.2) is 0 Å². The summed E-state index contributed by atoms with van der Waals surface area (Å²) < 4.78 is 0. The maximum Gasteiger partial charge on any atom is 0.0996 e. The van der Waals surface area contributed by atoms with Crippen molar-refractivity contribution in [1.82, 2.24) is 5.32 Å². The summed E-state index contributed by atoms with van der Waals surface area (Å²) in [6, 6.07) is 19.3. The van der Waals surface area contributed by atoms with Crippen molar-refractivity contribution < 1.29 is 0 Å². The smallest absolute Gasteiger partial charge is 0.0996 e. The Labute approximate surface area is 120 Å². The Morgan fingerprint density at radius 3 is 2.55 bits per heavy atom. The number of nitrogens with one attached hydrogen (secondary N) is 1. The minimum absolute atomic E-state index is 0.447. The van der Waals surface area contributed by atoms with Gasteiger partial charge in [-0.2, -0.15) is 0 Å². The molecule has 1 N–H and O–H groups in total. The molecule has 1 aliphatic heterocycles. The van der Waals surface area contributed by atoms with E-state index in [1.54, 1.807) is 0 Å². The lowest BCUT2D eigenvalue weighted by molar-refractivity contribution is 0.744. The van der Waals surface area contributed by atoms with Crippen molar-refractivity contribution in [2.24, 2.45) is 10.9 Å². The number of hydrogen-bond acceptors (Lipinski definition) is 2. The molecule has 0 amide bonds. The number of hydrogen-bond donors (Lipinski definition) is 1. The van der Waals surface area contributed by atoms with Gasteiger partial charge in [-0.15, -0.1) is 0 Å². The molecule has 0 radical (unpaired) electrons. The largest absolute Gasteiger partial charge is 0.372 e. The van der Waals surface area contributed by atoms with Crippen LogP contribution in [0.5, 0.6) is 0 Å². The molecule has 2 aromatic rings. The first-order valence-electron chi connectivity index (χ1n) is 7.26. The molecule has 20 heavy (non-hydrogen) atoms. The predicted octanol–water partition coefficient (Wildman–Crippen LogP) is 3.53. The quantitative estimate of drug-likeness (QED) is 0.897. The Hall–Kier alpha value is -2.09. The van der Waals surface area contributed by atoms with Crippen LogP contribution in [0.1, 0.15) is 12.5 Å². The van der Waals surface area contributed by atoms with Crippen molar-refractivity contribution in [1.29, 1.82) is 0 Å². The average Bonchev–Trinajstić information content (AvgIpc) is 3.03. The van der Waals surface area contributed by atoms with Gasteiger partial charge in [0, 0.05) is 12.5 Å². The van der Waals surface area contributed by atoms with Crippen LogP contribution in [0.4, 0.5) is 0 Å². The fourth-order valence-corrected chi connectivity index (χ4v) is 2.77. The summed E-state index contributed by atoms with van der Waals surface area (Å²) in [5.41, 5.74) is 4.01. The van der Waals surface area contributed by atoms with Crippen molar-refractivity contribution in [2.75, 3.05) is 13.1 Å². The first-order valence-corrected chi connectivity index (χ1v) is 7.26. The predicted molar refractivity (Wildman–Crippen MR) is 85.1 cm³/mol. The van der Waals surface area contributed by atoms with Crippen LogP contribution in [0.3, 0.4) is 0 Å². The molecule has 1 aliphatic rings. The Morgan fingerprint density at radius 1 is 1.05 bits per heavy atom. The molecule has 0 saturated heterocycles. The Balaban J connectivity index is 1.87. The Bertz CT molecular complexity index is 602. The summed E-state index contributed by atoms with van der Waals surface area (Å²) in [6.45, 7) is 4.15. The summed E-state index contributed by atoms with van der Waals surface area (Å²) >= 11 is 0. The zero-order chi connectivity index (χ0) is 13.8. The van der Waals surface area contributed by atoms with E-state index < -0.39 is 0 Å². The summed E-state index contributed by atoms with van der Waals surface area (Å²) in [6.07, 6.45) is 1.02. The summed E-state index contributed by atoms with van der Waals surface area (Å²) in [5, 5.41) is 3.39. The molecule has 0 bridgehead atoms. The van der Waals surface area contributed by atoms with Gasteiger partial charge in [0.2, 0.25) is 0 Å². The maximum absolute atomic E-state index is 4.54. The molecule has 0 aliphatic carbocycles. The summed E-state index contributed by atoms with van der Waals surface area (Å²) in [4.78, 5) is 4.54. The van der Waals surface area contributed by atoms with E-state index in [1.165, 1.54) is 16.7 Å². The van der Waals surface area contributed by atoms with Crippen LogP contribution >= 0.6 is 0 Å². The second kappa shape index (κ2) is 5.91. The molecule has 102 valence electrons. The average molecular weight is 264 g/mol. The van der Waals surface area contributed by atoms with Crippen molar-refractivity contribution in [2.45, 2.75) is 13.3 Å². The number of nitrogens with zero attached hydrogens (tertiary/aromatic N) is 1. The zero-order valence-corrected chi connectivity index (χ0v) is 11.8. The van der Waals surface area contributed by atoms with Gasteiger partial charge in [0.1, 0.15) is 0 Å². The van der Waals surface area contributed by atoms with Crippen LogP contribution < -0.4 is 5.32 Å². The van der Waals surface area contributed by atoms with Crippen molar-refractivity contribution >= 4 is 5.84 Å². The molecular weight excluding hydrogens is 244 g/mol. The molecule has 1 heterocycles. The van der Waals surface area contributed by atoms with E-state index in [1.807, 2.05) is 0 Å². The molecule has 2 aromatic carbocycles. The molecular formula is C18H20N2. The molecule has 2 heteroatoms. The normalized spacial score (nSPS) is 15.6. The first kappa shape index (κ1) is 12.9. The van der Waals surface area contributed by atoms with Gasteiger partial charge >= 0.3 is 0 Å². The molecule has 0 unspecified atom stereocenters. The van der Waals surface area contributed by atoms with Gasteiger partial charge in [-0.1, -0.05) is 61.5 Å². The summed E-state index contributed by atoms with van der Waals surface area (Å²) in [5.74, 6) is 1.61. The van der Waals surface area contributed by atoms with Gasteiger partial charge in [0.25, 0.3) is 0 Å². The SMILES string of the molecule is C[C@H](Cc1ccccc1-c1ccccc1)C1=NCCN1. The zero-order valence-electron chi connectivity index (χ0n) is 11.8. The van der Waals surface area contributed by atoms with Crippen LogP contribution in [0.2, 0.25) is 0 Å². The minimum Gasteiger partial charge on any atom is -0.372 e. The van der Waals surface area contributed by atoms with Crippen molar-refractivity contribution in [3.63, 3.8) is 0 Å². The highest BCUT2D eigenvalue weighted by Gasteiger charge is 2.16. The van der Waals surface area contributed by atoms with Gasteiger partial charge in [0.05, 0.1) is 12.4 Å². The minimum atomic E-state index is 0.447. The van der Waals surface area contributed by atoms with E-state index >= 15 is 0 Å². The number of amidine groups is 1. The van der Waals surface area contributed by atoms with E-state index in [0.29, 0.717) is 5.92 Å². The second-order valence-electron chi connectivity index (χ2n) is 5.32. The second-order valence-corrected chi connectivity index (χ2v) is 5.32. The van der Waals surface area contributed by atoms with E-state index in [0.717, 1.165) is 25.3 Å². The molecule has 0 fully saturated rings. The van der Waals surface area contributed by atoms with Crippen LogP contribution in [-0.2, 0) is 6.42 Å². The van der Waals surface area contributed by atoms with Gasteiger partial charge in [0.15, 0.2) is 0 Å². The fraction of sp³-hybridized carbons (Fsp3) is 0.278. The first-order chi connectivity index (χ1) is 9.84. The fourth-order valence-electron chi connectivity index (χ4n) is 2.77. The summed E-state index contributed by atoms with van der Waals surface area (Å²) in [7, 11) is 0. The van der Waals surface area contributed by atoms with Crippen LogP contribution in [0.15, 0.2) is 59.6 Å².